The molecule has 0 aliphatic heterocycles. The summed E-state index contributed by atoms with van der Waals surface area (Å²) < 4.78 is 0. The molecule has 0 atom stereocenters. The van der Waals surface area contributed by atoms with Crippen molar-refractivity contribution in [1.29, 1.82) is 10.5 Å². The van der Waals surface area contributed by atoms with Crippen LogP contribution in [-0.4, -0.2) is 24.2 Å². The molecule has 0 heterocycles. The first kappa shape index (κ1) is 78.6. The topological polar surface area (TPSA) is 47.6 Å². The molecule has 0 aliphatic carbocycles. The van der Waals surface area contributed by atoms with Crippen LogP contribution in [0.5, 0.6) is 0 Å². The van der Waals surface area contributed by atoms with Crippen LogP contribution in [0, 0.1) is 22.7 Å². The van der Waals surface area contributed by atoms with Crippen molar-refractivity contribution < 1.29 is 0 Å². The van der Waals surface area contributed by atoms with Crippen molar-refractivity contribution in [2.24, 2.45) is 0 Å². The molecule has 0 N–H and O–H groups in total. The van der Waals surface area contributed by atoms with E-state index in [1.165, 1.54) is 73.7 Å². The molecule has 2 nitrogen and oxygen atoms in total. The maximum absolute atomic E-state index is 8.83. The Bertz CT molecular complexity index is 4560. The molecule has 0 saturated carbocycles. The quantitative estimate of drug-likeness (QED) is 0.0957. The van der Waals surface area contributed by atoms with Gasteiger partial charge in [-0.25, -0.2) is 0 Å². The van der Waals surface area contributed by atoms with Crippen molar-refractivity contribution in [3.8, 4) is 12.1 Å². The molecular weight excluding hydrogens is 1310 g/mol. The van der Waals surface area contributed by atoms with Crippen molar-refractivity contribution in [2.75, 3.05) is 0 Å². The maximum Gasteiger partial charge on any atom is 0.179 e. The van der Waals surface area contributed by atoms with Gasteiger partial charge in [0.1, 0.15) is 0 Å². The normalized spacial score (nSPS) is 11.7. The van der Waals surface area contributed by atoms with Gasteiger partial charge in [-0.3, -0.25) is 0 Å². The largest absolute Gasteiger partial charge is 0.192 e. The van der Waals surface area contributed by atoms with Gasteiger partial charge in [0.05, 0.1) is 23.3 Å². The molecule has 0 unspecified atom stereocenters. The van der Waals surface area contributed by atoms with Gasteiger partial charge in [-0.1, -0.05) is 456 Å². The highest BCUT2D eigenvalue weighted by atomic mass is 28.3. The molecule has 105 heavy (non-hydrogen) atoms. The average Bonchev–Trinajstić information content (AvgIpc) is 0.735. The van der Waals surface area contributed by atoms with Gasteiger partial charge in [0, 0.05) is 0 Å². The van der Waals surface area contributed by atoms with Crippen LogP contribution < -0.4 is 57.1 Å². The van der Waals surface area contributed by atoms with E-state index in [1.807, 2.05) is 48.5 Å². The summed E-state index contributed by atoms with van der Waals surface area (Å²) >= 11 is 0. The number of rotatable bonds is 11. The summed E-state index contributed by atoms with van der Waals surface area (Å²) in [7, 11) is -6.92. The molecule has 13 aromatic rings. The van der Waals surface area contributed by atoms with Crippen LogP contribution in [0.2, 0.25) is 5.04 Å². The fourth-order valence-corrected chi connectivity index (χ4v) is 29.9. The van der Waals surface area contributed by atoms with Gasteiger partial charge in [0.25, 0.3) is 0 Å². The predicted molar refractivity (Wildman–Crippen MR) is 461 cm³/mol. The van der Waals surface area contributed by atoms with Crippen LogP contribution in [0.15, 0.2) is 370 Å². The lowest BCUT2D eigenvalue weighted by molar-refractivity contribution is 0.588. The van der Waals surface area contributed by atoms with E-state index in [-0.39, 0.29) is 26.7 Å². The van der Waals surface area contributed by atoms with E-state index in [2.05, 4.69) is 438 Å². The van der Waals surface area contributed by atoms with Crippen molar-refractivity contribution in [3.05, 3.63) is 403 Å². The number of benzene rings is 13. The van der Waals surface area contributed by atoms with Crippen LogP contribution in [0.4, 0.5) is 0 Å². The summed E-state index contributed by atoms with van der Waals surface area (Å²) in [6.45, 7) is 33.7. The van der Waals surface area contributed by atoms with E-state index in [4.69, 9.17) is 10.5 Å². The van der Waals surface area contributed by atoms with E-state index in [9.17, 15) is 0 Å². The molecule has 0 amide bonds. The highest BCUT2D eigenvalue weighted by molar-refractivity contribution is 7.20. The minimum atomic E-state index is -2.41. The summed E-state index contributed by atoms with van der Waals surface area (Å²) in [5.41, 5.74) is 7.14. The molecule has 528 valence electrons. The Labute approximate surface area is 633 Å². The van der Waals surface area contributed by atoms with Crippen LogP contribution >= 0.6 is 0 Å². The Morgan fingerprint density at radius 1 is 0.210 bits per heavy atom. The Morgan fingerprint density at radius 3 is 0.714 bits per heavy atom. The Kier molecular flexibility index (Phi) is 26.1. The molecule has 0 aromatic heterocycles. The molecule has 0 radical (unpaired) electrons. The Hall–Kier alpha value is -10.5. The van der Waals surface area contributed by atoms with E-state index < -0.39 is 24.2 Å². The lowest BCUT2D eigenvalue weighted by Crippen LogP contribution is -2.74. The van der Waals surface area contributed by atoms with Crippen LogP contribution in [0.1, 0.15) is 137 Å². The minimum Gasteiger partial charge on any atom is -0.192 e. The summed E-state index contributed by atoms with van der Waals surface area (Å²) in [5, 5.41) is 33.4. The molecule has 13 aromatic carbocycles. The van der Waals surface area contributed by atoms with Gasteiger partial charge in [-0.15, -0.1) is 0 Å². The van der Waals surface area contributed by atoms with E-state index in [1.54, 1.807) is 0 Å². The zero-order valence-electron chi connectivity index (χ0n) is 64.6. The van der Waals surface area contributed by atoms with Crippen LogP contribution in [-0.2, 0) is 21.7 Å². The number of hydrogen-bond donors (Lipinski definition) is 0. The molecule has 0 bridgehead atoms. The smallest absolute Gasteiger partial charge is 0.179 e. The average molecular weight is 1420 g/mol. The van der Waals surface area contributed by atoms with Crippen molar-refractivity contribution in [2.45, 2.75) is 131 Å². The standard InChI is InChI=1S/2C28H28Si.C22H24Si.2C11H13N/c1-28(2,3)23-14-13-21-27(22-23)29(24-15-7-4-8-16-24,25-17-9-5-10-18-25)26-19-11-6-12-20-26;1-28(2,3)23-19-21-27(22-20-23)29(24-13-7-4-8-14-24,25-15-9-5-10-16-25)26-17-11-6-12-18-26;1-22(2,3)23(19-13-7-4-8-14-19,20-15-9-5-10-16-20)21-17-11-6-12-18-21;1-11(2,3)10-6-4-9(8-12)5-7-10;1-11(2,3)10-7-5-4-6-9(10)8-12/h2*4-22H,1-3H3;4-18H,1-3H3;2*4-7H,1-3H3. The van der Waals surface area contributed by atoms with Crippen molar-refractivity contribution >= 4 is 81.3 Å². The summed E-state index contributed by atoms with van der Waals surface area (Å²) in [5.74, 6) is 0. The Balaban J connectivity index is 0.000000159. The lowest BCUT2D eigenvalue weighted by atomic mass is 9.84. The number of hydrogen-bond acceptors (Lipinski definition) is 2. The second kappa shape index (κ2) is 34.8. The van der Waals surface area contributed by atoms with Gasteiger partial charge in [0.15, 0.2) is 24.2 Å². The summed E-state index contributed by atoms with van der Waals surface area (Å²) in [4.78, 5) is 0. The lowest BCUT2D eigenvalue weighted by Gasteiger charge is -2.44. The number of nitrogens with zero attached hydrogens (tertiary/aromatic N) is 2. The molecule has 13 rings (SSSR count). The fraction of sp³-hybridized carbons (Fsp3) is 0.200. The van der Waals surface area contributed by atoms with Crippen LogP contribution in [0.25, 0.3) is 0 Å². The van der Waals surface area contributed by atoms with Gasteiger partial charge >= 0.3 is 0 Å². The monoisotopic (exact) mass is 1420 g/mol. The predicted octanol–water partition coefficient (Wildman–Crippen LogP) is 18.4. The van der Waals surface area contributed by atoms with E-state index >= 15 is 0 Å². The zero-order chi connectivity index (χ0) is 75.4. The minimum absolute atomic E-state index is 0.0618. The van der Waals surface area contributed by atoms with Gasteiger partial charge in [-0.2, -0.15) is 10.5 Å². The van der Waals surface area contributed by atoms with Crippen molar-refractivity contribution in [1.82, 2.24) is 0 Å². The third-order valence-electron chi connectivity index (χ3n) is 20.1. The summed E-state index contributed by atoms with van der Waals surface area (Å²) in [6, 6.07) is 138. The Morgan fingerprint density at radius 2 is 0.457 bits per heavy atom. The van der Waals surface area contributed by atoms with E-state index in [0.29, 0.717) is 0 Å². The third-order valence-corrected chi connectivity index (χ3v) is 35.5. The molecule has 0 saturated heterocycles. The first-order chi connectivity index (χ1) is 50.2. The van der Waals surface area contributed by atoms with Gasteiger partial charge in [-0.05, 0) is 124 Å². The highest BCUT2D eigenvalue weighted by Gasteiger charge is 2.49. The molecule has 0 fully saturated rings. The first-order valence-electron chi connectivity index (χ1n) is 36.9. The first-order valence-corrected chi connectivity index (χ1v) is 42.9. The molecular formula is C100H106N2Si3. The van der Waals surface area contributed by atoms with Crippen LogP contribution in [0.3, 0.4) is 0 Å². The molecule has 0 aliphatic rings. The highest BCUT2D eigenvalue weighted by Crippen LogP contribution is 2.36. The summed E-state index contributed by atoms with van der Waals surface area (Å²) in [6.07, 6.45) is 0. The maximum atomic E-state index is 8.83. The molecule has 5 heteroatoms. The van der Waals surface area contributed by atoms with E-state index in [0.717, 1.165) is 16.7 Å². The van der Waals surface area contributed by atoms with Gasteiger partial charge in [0.2, 0.25) is 0 Å². The SMILES string of the molecule is CC(C)(C)[Si](c1ccccc1)(c1ccccc1)c1ccccc1.CC(C)(C)c1ccc(C#N)cc1.CC(C)(C)c1ccc([Si](c2ccccc2)(c2ccccc2)c2ccccc2)cc1.CC(C)(C)c1cccc([Si](c2ccccc2)(c2ccccc2)c2ccccc2)c1.CC(C)(C)c1ccccc1C#N. The number of nitriles is 2. The second-order valence-electron chi connectivity index (χ2n) is 32.3. The van der Waals surface area contributed by atoms with Gasteiger partial charge < -0.3 is 0 Å². The zero-order valence-corrected chi connectivity index (χ0v) is 67.6. The fourth-order valence-electron chi connectivity index (χ4n) is 14.7. The van der Waals surface area contributed by atoms with Crippen molar-refractivity contribution in [3.63, 3.8) is 0 Å². The molecule has 0 spiro atoms. The third kappa shape index (κ3) is 18.5. The second-order valence-corrected chi connectivity index (χ2v) is 44.6.